The first kappa shape index (κ1) is 28.5. The van der Waals surface area contributed by atoms with Gasteiger partial charge in [-0.15, -0.1) is 0 Å². The molecule has 0 spiro atoms. The van der Waals surface area contributed by atoms with Gasteiger partial charge in [0.25, 0.3) is 0 Å². The van der Waals surface area contributed by atoms with Gasteiger partial charge in [0.2, 0.25) is 0 Å². The van der Waals surface area contributed by atoms with Crippen molar-refractivity contribution in [1.29, 1.82) is 5.26 Å². The van der Waals surface area contributed by atoms with Crippen LogP contribution in [0.2, 0.25) is 0 Å². The molecule has 0 saturated carbocycles. The Hall–Kier alpha value is -3.10. The zero-order chi connectivity index (χ0) is 26.9. The van der Waals surface area contributed by atoms with Gasteiger partial charge < -0.3 is 4.90 Å². The molecule has 0 N–H and O–H groups in total. The van der Waals surface area contributed by atoms with Crippen LogP contribution in [-0.2, 0) is 24.4 Å². The fourth-order valence-corrected chi connectivity index (χ4v) is 4.98. The third-order valence-corrected chi connectivity index (χ3v) is 7.55. The summed E-state index contributed by atoms with van der Waals surface area (Å²) < 4.78 is 39.4. The topological polar surface area (TPSA) is 27.0 Å². The molecule has 3 aromatic carbocycles. The van der Waals surface area contributed by atoms with Gasteiger partial charge in [0.05, 0.1) is 17.0 Å². The van der Waals surface area contributed by atoms with Gasteiger partial charge in [0, 0.05) is 19.1 Å². The highest BCUT2D eigenvalue weighted by Crippen LogP contribution is 2.39. The Bertz CT molecular complexity index is 1080. The van der Waals surface area contributed by atoms with Crippen LogP contribution in [0.3, 0.4) is 0 Å². The van der Waals surface area contributed by atoms with Crippen molar-refractivity contribution >= 4 is 0 Å². The third kappa shape index (κ3) is 7.69. The summed E-state index contributed by atoms with van der Waals surface area (Å²) in [6.45, 7) is 7.96. The summed E-state index contributed by atoms with van der Waals surface area (Å²) >= 11 is 0. The van der Waals surface area contributed by atoms with Crippen molar-refractivity contribution in [2.24, 2.45) is 5.92 Å². The first-order valence-corrected chi connectivity index (χ1v) is 13.1. The van der Waals surface area contributed by atoms with Crippen molar-refractivity contribution in [2.45, 2.75) is 64.1 Å². The number of nitriles is 1. The minimum atomic E-state index is -4.39. The molecule has 3 aromatic rings. The molecule has 0 aliphatic heterocycles. The Morgan fingerprint density at radius 3 is 1.59 bits per heavy atom. The largest absolute Gasteiger partial charge is 0.416 e. The van der Waals surface area contributed by atoms with Crippen LogP contribution in [-0.4, -0.2) is 24.0 Å². The number of halogens is 3. The lowest BCUT2D eigenvalue weighted by Crippen LogP contribution is -2.39. The second-order valence-electron chi connectivity index (χ2n) is 10.2. The molecule has 0 aliphatic carbocycles. The molecule has 0 heterocycles. The number of benzene rings is 3. The molecule has 2 atom stereocenters. The quantitative estimate of drug-likeness (QED) is 0.248. The monoisotopic (exact) mass is 506 g/mol. The maximum atomic E-state index is 13.1. The first-order chi connectivity index (χ1) is 17.7. The second kappa shape index (κ2) is 12.9. The molecule has 0 aromatic heterocycles. The fourth-order valence-electron chi connectivity index (χ4n) is 4.98. The molecule has 2 unspecified atom stereocenters. The summed E-state index contributed by atoms with van der Waals surface area (Å²) in [5, 5.41) is 10.3. The van der Waals surface area contributed by atoms with Gasteiger partial charge in [-0.05, 0) is 67.3 Å². The maximum absolute atomic E-state index is 13.1. The van der Waals surface area contributed by atoms with Gasteiger partial charge in [0.1, 0.15) is 0 Å². The predicted octanol–water partition coefficient (Wildman–Crippen LogP) is 8.08. The van der Waals surface area contributed by atoms with E-state index in [1.54, 1.807) is 0 Å². The summed E-state index contributed by atoms with van der Waals surface area (Å²) in [5.41, 5.74) is 1.71. The van der Waals surface area contributed by atoms with E-state index in [1.807, 2.05) is 26.0 Å². The summed E-state index contributed by atoms with van der Waals surface area (Å²) in [6, 6.07) is 28.7. The van der Waals surface area contributed by atoms with Crippen LogP contribution in [0.5, 0.6) is 0 Å². The normalized spacial score (nSPS) is 14.4. The summed E-state index contributed by atoms with van der Waals surface area (Å²) in [4.78, 5) is 2.48. The summed E-state index contributed by atoms with van der Waals surface area (Å²) in [5.74, 6) is -0.0384. The van der Waals surface area contributed by atoms with Crippen molar-refractivity contribution in [3.8, 4) is 6.07 Å². The van der Waals surface area contributed by atoms with Gasteiger partial charge >= 0.3 is 6.18 Å². The maximum Gasteiger partial charge on any atom is 0.416 e. The number of hydrogen-bond donors (Lipinski definition) is 0. The highest BCUT2D eigenvalue weighted by atomic mass is 19.4. The zero-order valence-corrected chi connectivity index (χ0v) is 22.0. The number of alkyl halides is 3. The van der Waals surface area contributed by atoms with E-state index >= 15 is 0 Å². The lowest BCUT2D eigenvalue weighted by atomic mass is 9.69. The van der Waals surface area contributed by atoms with E-state index in [2.05, 4.69) is 66.4 Å². The predicted molar refractivity (Wildman–Crippen MR) is 144 cm³/mol. The van der Waals surface area contributed by atoms with Crippen LogP contribution in [0, 0.1) is 17.2 Å². The summed E-state index contributed by atoms with van der Waals surface area (Å²) in [7, 11) is 0. The Labute approximate surface area is 219 Å². The Kier molecular flexibility index (Phi) is 9.94. The molecule has 0 radical (unpaired) electrons. The molecule has 0 amide bonds. The molecule has 0 fully saturated rings. The SMILES string of the molecule is CC(CCC(C#N)(c1ccc(C(F)(F)F)cc1)C(C)C)N(CCc1ccccc1)CCc1ccccc1. The van der Waals surface area contributed by atoms with Crippen molar-refractivity contribution in [3.63, 3.8) is 0 Å². The van der Waals surface area contributed by atoms with E-state index < -0.39 is 17.2 Å². The second-order valence-corrected chi connectivity index (χ2v) is 10.2. The first-order valence-electron chi connectivity index (χ1n) is 13.1. The fraction of sp³-hybridized carbons (Fsp3) is 0.406. The summed E-state index contributed by atoms with van der Waals surface area (Å²) in [6.07, 6.45) is -1.16. The highest BCUT2D eigenvalue weighted by Gasteiger charge is 2.38. The van der Waals surface area contributed by atoms with Gasteiger partial charge in [-0.3, -0.25) is 0 Å². The average Bonchev–Trinajstić information content (AvgIpc) is 2.90. The van der Waals surface area contributed by atoms with Crippen LogP contribution in [0.4, 0.5) is 13.2 Å². The van der Waals surface area contributed by atoms with Crippen LogP contribution >= 0.6 is 0 Å². The van der Waals surface area contributed by atoms with Crippen molar-refractivity contribution in [3.05, 3.63) is 107 Å². The standard InChI is InChI=1S/C32H37F3N2/c1-25(2)31(24-36,29-14-16-30(17-15-29)32(33,34)35)21-18-26(3)37(22-19-27-10-6-4-7-11-27)23-20-28-12-8-5-9-13-28/h4-17,25-26H,18-23H2,1-3H3. The van der Waals surface area contributed by atoms with Crippen molar-refractivity contribution < 1.29 is 13.2 Å². The lowest BCUT2D eigenvalue weighted by molar-refractivity contribution is -0.137. The van der Waals surface area contributed by atoms with Gasteiger partial charge in [0.15, 0.2) is 0 Å². The third-order valence-electron chi connectivity index (χ3n) is 7.55. The van der Waals surface area contributed by atoms with Gasteiger partial charge in [-0.1, -0.05) is 86.6 Å². The zero-order valence-electron chi connectivity index (χ0n) is 22.0. The molecular formula is C32H37F3N2. The van der Waals surface area contributed by atoms with E-state index in [9.17, 15) is 18.4 Å². The van der Waals surface area contributed by atoms with E-state index in [-0.39, 0.29) is 12.0 Å². The van der Waals surface area contributed by atoms with Crippen LogP contribution in [0.15, 0.2) is 84.9 Å². The van der Waals surface area contributed by atoms with Crippen LogP contribution < -0.4 is 0 Å². The molecule has 0 aliphatic rings. The molecule has 2 nitrogen and oxygen atoms in total. The van der Waals surface area contributed by atoms with E-state index in [0.717, 1.165) is 44.5 Å². The molecule has 0 saturated heterocycles. The average molecular weight is 507 g/mol. The molecule has 0 bridgehead atoms. The molecule has 5 heteroatoms. The number of hydrogen-bond acceptors (Lipinski definition) is 2. The Morgan fingerprint density at radius 2 is 1.19 bits per heavy atom. The lowest BCUT2D eigenvalue weighted by Gasteiger charge is -2.35. The Morgan fingerprint density at radius 1 is 0.730 bits per heavy atom. The molecule has 196 valence electrons. The number of rotatable bonds is 12. The van der Waals surface area contributed by atoms with Crippen molar-refractivity contribution in [2.75, 3.05) is 13.1 Å². The number of nitrogens with zero attached hydrogens (tertiary/aromatic N) is 2. The smallest absolute Gasteiger partial charge is 0.300 e. The van der Waals surface area contributed by atoms with Gasteiger partial charge in [-0.25, -0.2) is 0 Å². The minimum Gasteiger partial charge on any atom is -0.300 e. The molecule has 37 heavy (non-hydrogen) atoms. The molecule has 3 rings (SSSR count). The van der Waals surface area contributed by atoms with E-state index in [0.29, 0.717) is 12.0 Å². The van der Waals surface area contributed by atoms with Crippen molar-refractivity contribution in [1.82, 2.24) is 4.90 Å². The van der Waals surface area contributed by atoms with Crippen LogP contribution in [0.1, 0.15) is 55.9 Å². The highest BCUT2D eigenvalue weighted by molar-refractivity contribution is 5.36. The molecular weight excluding hydrogens is 469 g/mol. The van der Waals surface area contributed by atoms with E-state index in [1.165, 1.54) is 23.3 Å². The van der Waals surface area contributed by atoms with E-state index in [4.69, 9.17) is 0 Å². The van der Waals surface area contributed by atoms with Gasteiger partial charge in [-0.2, -0.15) is 18.4 Å². The minimum absolute atomic E-state index is 0.0384. The van der Waals surface area contributed by atoms with Crippen LogP contribution in [0.25, 0.3) is 0 Å². The Balaban J connectivity index is 1.76.